The Morgan fingerprint density at radius 1 is 1.06 bits per heavy atom. The van der Waals surface area contributed by atoms with Crippen molar-refractivity contribution in [2.24, 2.45) is 0 Å². The minimum atomic E-state index is -1.29. The molecule has 12 heteroatoms. The van der Waals surface area contributed by atoms with Crippen LogP contribution in [-0.2, 0) is 5.60 Å². The zero-order valence-corrected chi connectivity index (χ0v) is 22.0. The molecule has 0 radical (unpaired) electrons. The second-order valence-corrected chi connectivity index (χ2v) is 9.50. The highest BCUT2D eigenvalue weighted by molar-refractivity contribution is 6.30. The van der Waals surface area contributed by atoms with Crippen LogP contribution in [0.3, 0.4) is 0 Å². The molecule has 0 aliphatic heterocycles. The molecule has 36 heavy (non-hydrogen) atoms. The van der Waals surface area contributed by atoms with Crippen LogP contribution in [0.2, 0.25) is 5.02 Å². The van der Waals surface area contributed by atoms with E-state index in [2.05, 4.69) is 35.4 Å². The predicted octanol–water partition coefficient (Wildman–Crippen LogP) is 3.97. The number of aromatic nitrogens is 3. The van der Waals surface area contributed by atoms with Crippen molar-refractivity contribution in [2.45, 2.75) is 19.4 Å². The number of hydrogen-bond donors (Lipinski definition) is 4. The van der Waals surface area contributed by atoms with Crippen molar-refractivity contribution >= 4 is 46.2 Å². The first-order valence-electron chi connectivity index (χ1n) is 11.2. The summed E-state index contributed by atoms with van der Waals surface area (Å²) in [4.78, 5) is 16.8. The molecule has 0 aliphatic rings. The van der Waals surface area contributed by atoms with Gasteiger partial charge in [0.1, 0.15) is 17.9 Å². The maximum absolute atomic E-state index is 14.2. The van der Waals surface area contributed by atoms with E-state index in [-0.39, 0.29) is 22.6 Å². The summed E-state index contributed by atoms with van der Waals surface area (Å²) < 4.78 is 19.7. The monoisotopic (exact) mass is 518 g/mol. The Balaban J connectivity index is 1.87. The molecule has 5 N–H and O–H groups in total. The molecule has 0 saturated carbocycles. The number of nitrogens with one attached hydrogen (secondary N) is 2. The minimum Gasteiger partial charge on any atom is -0.494 e. The lowest BCUT2D eigenvalue weighted by Crippen LogP contribution is -2.29. The van der Waals surface area contributed by atoms with Crippen molar-refractivity contribution < 1.29 is 14.2 Å². The van der Waals surface area contributed by atoms with Crippen LogP contribution in [0.15, 0.2) is 30.6 Å². The SMILES string of the molecule is COc1cc(N(C)CCN(C)C)c(N)cc1Nc1ncnc(Nc2cc(F)c(Cl)cc2C(C)(C)O)n1. The van der Waals surface area contributed by atoms with Gasteiger partial charge in [0.2, 0.25) is 11.9 Å². The molecule has 0 unspecified atom stereocenters. The van der Waals surface area contributed by atoms with E-state index in [1.54, 1.807) is 27.0 Å². The largest absolute Gasteiger partial charge is 0.494 e. The van der Waals surface area contributed by atoms with Gasteiger partial charge in [-0.05, 0) is 46.1 Å². The number of likely N-dealkylation sites (N-methyl/N-ethyl adjacent to an activating group) is 2. The van der Waals surface area contributed by atoms with Gasteiger partial charge < -0.3 is 36.0 Å². The number of ether oxygens (including phenoxy) is 1. The molecule has 0 bridgehead atoms. The molecule has 0 aliphatic carbocycles. The molecule has 0 atom stereocenters. The lowest BCUT2D eigenvalue weighted by atomic mass is 9.96. The second kappa shape index (κ2) is 11.1. The topological polar surface area (TPSA) is 125 Å². The predicted molar refractivity (Wildman–Crippen MR) is 142 cm³/mol. The molecule has 0 spiro atoms. The number of halogens is 2. The Morgan fingerprint density at radius 2 is 1.69 bits per heavy atom. The minimum absolute atomic E-state index is 0.101. The van der Waals surface area contributed by atoms with E-state index in [0.29, 0.717) is 22.7 Å². The average Bonchev–Trinajstić information content (AvgIpc) is 2.79. The number of nitrogen functional groups attached to an aromatic ring is 1. The fourth-order valence-corrected chi connectivity index (χ4v) is 3.63. The summed E-state index contributed by atoms with van der Waals surface area (Å²) in [6.07, 6.45) is 1.30. The van der Waals surface area contributed by atoms with Crippen molar-refractivity contribution in [2.75, 3.05) is 62.6 Å². The molecule has 3 aromatic rings. The van der Waals surface area contributed by atoms with Gasteiger partial charge >= 0.3 is 0 Å². The van der Waals surface area contributed by atoms with Gasteiger partial charge in [-0.2, -0.15) is 4.98 Å². The van der Waals surface area contributed by atoms with Gasteiger partial charge in [-0.3, -0.25) is 0 Å². The van der Waals surface area contributed by atoms with E-state index < -0.39 is 11.4 Å². The quantitative estimate of drug-likeness (QED) is 0.293. The molecule has 194 valence electrons. The first-order chi connectivity index (χ1) is 16.9. The number of nitrogens with two attached hydrogens (primary N) is 1. The van der Waals surface area contributed by atoms with Gasteiger partial charge in [0.05, 0.1) is 34.8 Å². The molecule has 1 heterocycles. The van der Waals surface area contributed by atoms with E-state index >= 15 is 0 Å². The molecule has 1 aromatic heterocycles. The first-order valence-corrected chi connectivity index (χ1v) is 11.5. The fourth-order valence-electron chi connectivity index (χ4n) is 3.47. The lowest BCUT2D eigenvalue weighted by molar-refractivity contribution is 0.0793. The molecule has 0 amide bonds. The van der Waals surface area contributed by atoms with E-state index in [0.717, 1.165) is 18.8 Å². The summed E-state index contributed by atoms with van der Waals surface area (Å²) in [6.45, 7) is 4.79. The Morgan fingerprint density at radius 3 is 2.28 bits per heavy atom. The third-order valence-corrected chi connectivity index (χ3v) is 5.72. The summed E-state index contributed by atoms with van der Waals surface area (Å²) in [5.74, 6) is 0.246. The molecule has 2 aromatic carbocycles. The lowest BCUT2D eigenvalue weighted by Gasteiger charge is -2.24. The maximum Gasteiger partial charge on any atom is 0.232 e. The Kier molecular flexibility index (Phi) is 8.39. The van der Waals surface area contributed by atoms with Crippen molar-refractivity contribution in [3.63, 3.8) is 0 Å². The Labute approximate surface area is 215 Å². The van der Waals surface area contributed by atoms with Gasteiger partial charge in [-0.1, -0.05) is 11.6 Å². The summed E-state index contributed by atoms with van der Waals surface area (Å²) in [6, 6.07) is 6.14. The standard InChI is InChI=1S/C24H32ClFN8O2/c1-24(2,35)14-9-15(25)16(26)10-18(14)30-22-28-13-29-23(32-22)31-19-11-17(27)20(12-21(19)36-6)34(5)8-7-33(3)4/h9-13,35H,7-8,27H2,1-6H3,(H2,28,29,30,31,32). The van der Waals surface area contributed by atoms with Gasteiger partial charge in [-0.15, -0.1) is 0 Å². The van der Waals surface area contributed by atoms with Crippen LogP contribution in [-0.4, -0.2) is 66.3 Å². The normalized spacial score (nSPS) is 11.5. The highest BCUT2D eigenvalue weighted by atomic mass is 35.5. The fraction of sp³-hybridized carbons (Fsp3) is 0.375. The van der Waals surface area contributed by atoms with Gasteiger partial charge in [-0.25, -0.2) is 14.4 Å². The summed E-state index contributed by atoms with van der Waals surface area (Å²) in [7, 11) is 7.55. The van der Waals surface area contributed by atoms with E-state index in [1.807, 2.05) is 27.2 Å². The van der Waals surface area contributed by atoms with Crippen LogP contribution in [0.1, 0.15) is 19.4 Å². The van der Waals surface area contributed by atoms with Crippen LogP contribution >= 0.6 is 11.6 Å². The third-order valence-electron chi connectivity index (χ3n) is 5.43. The number of rotatable bonds is 10. The number of nitrogens with zero attached hydrogens (tertiary/aromatic N) is 5. The first kappa shape index (κ1) is 27.2. The van der Waals surface area contributed by atoms with Crippen LogP contribution in [0.5, 0.6) is 5.75 Å². The van der Waals surface area contributed by atoms with Crippen LogP contribution < -0.4 is 26.0 Å². The number of aliphatic hydroxyl groups is 1. The zero-order valence-electron chi connectivity index (χ0n) is 21.2. The molecule has 0 fully saturated rings. The molecular weight excluding hydrogens is 487 g/mol. The van der Waals surface area contributed by atoms with Crippen LogP contribution in [0, 0.1) is 5.82 Å². The van der Waals surface area contributed by atoms with E-state index in [9.17, 15) is 9.50 Å². The van der Waals surface area contributed by atoms with Gasteiger partial charge in [0.25, 0.3) is 0 Å². The summed E-state index contributed by atoms with van der Waals surface area (Å²) in [5, 5.41) is 16.4. The second-order valence-electron chi connectivity index (χ2n) is 9.09. The van der Waals surface area contributed by atoms with Crippen molar-refractivity contribution in [1.29, 1.82) is 0 Å². The van der Waals surface area contributed by atoms with Gasteiger partial charge in [0, 0.05) is 37.5 Å². The smallest absolute Gasteiger partial charge is 0.232 e. The average molecular weight is 519 g/mol. The molecule has 0 saturated heterocycles. The van der Waals surface area contributed by atoms with Crippen molar-refractivity contribution in [3.05, 3.63) is 47.0 Å². The highest BCUT2D eigenvalue weighted by Gasteiger charge is 2.23. The number of anilines is 6. The molecule has 3 rings (SSSR count). The highest BCUT2D eigenvalue weighted by Crippen LogP contribution is 2.37. The van der Waals surface area contributed by atoms with Gasteiger partial charge in [0.15, 0.2) is 0 Å². The molecular formula is C24H32ClFN8O2. The molecule has 10 nitrogen and oxygen atoms in total. The van der Waals surface area contributed by atoms with Crippen LogP contribution in [0.4, 0.5) is 39.0 Å². The Bertz CT molecular complexity index is 1220. The van der Waals surface area contributed by atoms with Crippen molar-refractivity contribution in [1.82, 2.24) is 19.9 Å². The van der Waals surface area contributed by atoms with Crippen LogP contribution in [0.25, 0.3) is 0 Å². The summed E-state index contributed by atoms with van der Waals surface area (Å²) in [5.41, 5.74) is 7.65. The number of benzene rings is 2. The zero-order chi connectivity index (χ0) is 26.6. The maximum atomic E-state index is 14.2. The Hall–Kier alpha value is -3.41. The number of methoxy groups -OCH3 is 1. The van der Waals surface area contributed by atoms with E-state index in [1.165, 1.54) is 18.5 Å². The number of hydrogen-bond acceptors (Lipinski definition) is 10. The van der Waals surface area contributed by atoms with E-state index in [4.69, 9.17) is 22.1 Å². The third kappa shape index (κ3) is 6.62. The summed E-state index contributed by atoms with van der Waals surface area (Å²) >= 11 is 5.92. The van der Waals surface area contributed by atoms with Crippen molar-refractivity contribution in [3.8, 4) is 5.75 Å².